The molecule has 0 fully saturated rings. The number of nitrogens with one attached hydrogen (secondary N) is 1. The van der Waals surface area contributed by atoms with Gasteiger partial charge < -0.3 is 14.8 Å². The van der Waals surface area contributed by atoms with E-state index in [2.05, 4.69) is 10.3 Å². The van der Waals surface area contributed by atoms with Crippen LogP contribution >= 0.6 is 23.2 Å². The molecule has 0 aliphatic heterocycles. The first-order chi connectivity index (χ1) is 13.9. The number of anilines is 1. The molecule has 1 aromatic heterocycles. The second kappa shape index (κ2) is 8.82. The van der Waals surface area contributed by atoms with Crippen LogP contribution in [0.1, 0.15) is 21.5 Å². The van der Waals surface area contributed by atoms with E-state index in [1.54, 1.807) is 36.5 Å². The zero-order valence-corrected chi connectivity index (χ0v) is 17.0. The fourth-order valence-corrected chi connectivity index (χ4v) is 3.23. The number of nitrogens with zero attached hydrogens (tertiary/aromatic N) is 2. The first-order valence-corrected chi connectivity index (χ1v) is 9.16. The molecule has 146 valence electrons. The van der Waals surface area contributed by atoms with E-state index in [0.717, 1.165) is 5.56 Å². The highest BCUT2D eigenvalue weighted by Gasteiger charge is 2.15. The Labute approximate surface area is 177 Å². The van der Waals surface area contributed by atoms with Crippen molar-refractivity contribution in [3.63, 3.8) is 0 Å². The lowest BCUT2D eigenvalue weighted by Crippen LogP contribution is -2.13. The Morgan fingerprint density at radius 1 is 1.17 bits per heavy atom. The van der Waals surface area contributed by atoms with Crippen LogP contribution in [-0.2, 0) is 0 Å². The molecule has 6 nitrogen and oxygen atoms in total. The molecule has 0 unspecified atom stereocenters. The molecule has 1 heterocycles. The number of carbonyl (C=O) groups is 1. The predicted octanol–water partition coefficient (Wildman–Crippen LogP) is 5.62. The van der Waals surface area contributed by atoms with E-state index >= 15 is 0 Å². The van der Waals surface area contributed by atoms with Crippen molar-refractivity contribution in [3.05, 3.63) is 75.4 Å². The van der Waals surface area contributed by atoms with Crippen LogP contribution in [0.5, 0.6) is 17.4 Å². The van der Waals surface area contributed by atoms with E-state index < -0.39 is 0 Å². The Bertz CT molecular complexity index is 1100. The molecular weight excluding hydrogens is 413 g/mol. The average Bonchev–Trinajstić information content (AvgIpc) is 2.70. The van der Waals surface area contributed by atoms with Crippen LogP contribution < -0.4 is 14.8 Å². The third-order valence-corrected chi connectivity index (χ3v) is 4.58. The largest absolute Gasteiger partial charge is 0.494 e. The number of amides is 1. The van der Waals surface area contributed by atoms with Gasteiger partial charge in [-0.1, -0.05) is 23.2 Å². The molecule has 1 amide bonds. The SMILES string of the molecule is COc1c(Cl)cc(C(=O)Nc2ccc(Oc3ncccc3C#N)cc2C)cc1Cl. The number of benzene rings is 2. The van der Waals surface area contributed by atoms with Gasteiger partial charge in [-0.15, -0.1) is 0 Å². The maximum atomic E-state index is 12.6. The summed E-state index contributed by atoms with van der Waals surface area (Å²) < 4.78 is 10.8. The number of nitriles is 1. The van der Waals surface area contributed by atoms with E-state index in [-0.39, 0.29) is 21.8 Å². The summed E-state index contributed by atoms with van der Waals surface area (Å²) in [7, 11) is 1.45. The van der Waals surface area contributed by atoms with Crippen molar-refractivity contribution in [1.29, 1.82) is 5.26 Å². The highest BCUT2D eigenvalue weighted by atomic mass is 35.5. The number of ether oxygens (including phenoxy) is 2. The Balaban J connectivity index is 1.79. The highest BCUT2D eigenvalue weighted by molar-refractivity contribution is 6.37. The minimum absolute atomic E-state index is 0.216. The lowest BCUT2D eigenvalue weighted by Gasteiger charge is -2.12. The third kappa shape index (κ3) is 4.60. The summed E-state index contributed by atoms with van der Waals surface area (Å²) in [5.41, 5.74) is 1.98. The van der Waals surface area contributed by atoms with Crippen molar-refractivity contribution >= 4 is 34.8 Å². The molecule has 3 rings (SSSR count). The Kier molecular flexibility index (Phi) is 6.23. The molecule has 0 atom stereocenters. The summed E-state index contributed by atoms with van der Waals surface area (Å²) in [6.45, 7) is 1.82. The summed E-state index contributed by atoms with van der Waals surface area (Å²) in [6.07, 6.45) is 1.54. The predicted molar refractivity (Wildman–Crippen MR) is 111 cm³/mol. The molecule has 1 N–H and O–H groups in total. The Morgan fingerprint density at radius 3 is 2.52 bits per heavy atom. The molecule has 0 radical (unpaired) electrons. The topological polar surface area (TPSA) is 84.2 Å². The minimum Gasteiger partial charge on any atom is -0.494 e. The van der Waals surface area contributed by atoms with Crippen molar-refractivity contribution in [2.75, 3.05) is 12.4 Å². The van der Waals surface area contributed by atoms with Gasteiger partial charge in [-0.05, 0) is 55.0 Å². The lowest BCUT2D eigenvalue weighted by atomic mass is 10.1. The number of rotatable bonds is 5. The number of hydrogen-bond donors (Lipinski definition) is 1. The van der Waals surface area contributed by atoms with Gasteiger partial charge in [-0.25, -0.2) is 4.98 Å². The number of pyridine rings is 1. The van der Waals surface area contributed by atoms with Gasteiger partial charge in [0.2, 0.25) is 5.88 Å². The number of hydrogen-bond acceptors (Lipinski definition) is 5. The van der Waals surface area contributed by atoms with Crippen LogP contribution in [0.3, 0.4) is 0 Å². The van der Waals surface area contributed by atoms with Crippen LogP contribution in [-0.4, -0.2) is 18.0 Å². The molecule has 29 heavy (non-hydrogen) atoms. The summed E-state index contributed by atoms with van der Waals surface area (Å²) in [4.78, 5) is 16.6. The first-order valence-electron chi connectivity index (χ1n) is 8.41. The van der Waals surface area contributed by atoms with Crippen LogP contribution in [0.4, 0.5) is 5.69 Å². The summed E-state index contributed by atoms with van der Waals surface area (Å²) in [5, 5.41) is 12.4. The molecule has 0 saturated heterocycles. The quantitative estimate of drug-likeness (QED) is 0.570. The van der Waals surface area contributed by atoms with Gasteiger partial charge in [0.1, 0.15) is 17.4 Å². The van der Waals surface area contributed by atoms with Gasteiger partial charge in [0, 0.05) is 17.4 Å². The maximum absolute atomic E-state index is 12.6. The zero-order valence-electron chi connectivity index (χ0n) is 15.5. The zero-order chi connectivity index (χ0) is 21.0. The number of methoxy groups -OCH3 is 1. The normalized spacial score (nSPS) is 10.2. The van der Waals surface area contributed by atoms with Crippen molar-refractivity contribution in [3.8, 4) is 23.4 Å². The number of aromatic nitrogens is 1. The molecule has 0 aliphatic rings. The van der Waals surface area contributed by atoms with Gasteiger partial charge in [-0.2, -0.15) is 5.26 Å². The fourth-order valence-electron chi connectivity index (χ4n) is 2.59. The number of halogens is 2. The Hall–Kier alpha value is -3.27. The molecule has 0 spiro atoms. The monoisotopic (exact) mass is 427 g/mol. The summed E-state index contributed by atoms with van der Waals surface area (Å²) >= 11 is 12.2. The van der Waals surface area contributed by atoms with Crippen molar-refractivity contribution in [1.82, 2.24) is 4.98 Å². The average molecular weight is 428 g/mol. The molecule has 0 saturated carbocycles. The van der Waals surface area contributed by atoms with Crippen molar-refractivity contribution in [2.45, 2.75) is 6.92 Å². The molecule has 0 aliphatic carbocycles. The van der Waals surface area contributed by atoms with Crippen LogP contribution in [0.2, 0.25) is 10.0 Å². The minimum atomic E-state index is -0.371. The standard InChI is InChI=1S/C21H15Cl2N3O3/c1-12-8-15(29-21-13(11-24)4-3-7-25-21)5-6-18(12)26-20(27)14-9-16(22)19(28-2)17(23)10-14/h3-10H,1-2H3,(H,26,27). The van der Waals surface area contributed by atoms with Crippen molar-refractivity contribution < 1.29 is 14.3 Å². The van der Waals surface area contributed by atoms with Gasteiger partial charge in [0.25, 0.3) is 5.91 Å². The van der Waals surface area contributed by atoms with E-state index in [0.29, 0.717) is 28.3 Å². The number of carbonyl (C=O) groups excluding carboxylic acids is 1. The van der Waals surface area contributed by atoms with E-state index in [9.17, 15) is 4.79 Å². The van der Waals surface area contributed by atoms with Gasteiger partial charge in [0.15, 0.2) is 5.75 Å². The highest BCUT2D eigenvalue weighted by Crippen LogP contribution is 2.34. The fraction of sp³-hybridized carbons (Fsp3) is 0.0952. The second-order valence-electron chi connectivity index (χ2n) is 5.97. The van der Waals surface area contributed by atoms with Crippen LogP contribution in [0.15, 0.2) is 48.7 Å². The van der Waals surface area contributed by atoms with E-state index in [1.807, 2.05) is 13.0 Å². The molecular formula is C21H15Cl2N3O3. The van der Waals surface area contributed by atoms with Crippen molar-refractivity contribution in [2.24, 2.45) is 0 Å². The number of aryl methyl sites for hydroxylation is 1. The summed E-state index contributed by atoms with van der Waals surface area (Å²) in [6, 6.07) is 13.4. The molecule has 0 bridgehead atoms. The van der Waals surface area contributed by atoms with Crippen LogP contribution in [0, 0.1) is 18.3 Å². The first kappa shape index (κ1) is 20.5. The van der Waals surface area contributed by atoms with Gasteiger partial charge in [0.05, 0.1) is 17.2 Å². The van der Waals surface area contributed by atoms with Gasteiger partial charge >= 0.3 is 0 Å². The van der Waals surface area contributed by atoms with Gasteiger partial charge in [-0.3, -0.25) is 4.79 Å². The van der Waals surface area contributed by atoms with Crippen LogP contribution in [0.25, 0.3) is 0 Å². The smallest absolute Gasteiger partial charge is 0.255 e. The lowest BCUT2D eigenvalue weighted by molar-refractivity contribution is 0.102. The van der Waals surface area contributed by atoms with E-state index in [4.69, 9.17) is 37.9 Å². The molecule has 3 aromatic rings. The Morgan fingerprint density at radius 2 is 1.90 bits per heavy atom. The van der Waals surface area contributed by atoms with E-state index in [1.165, 1.54) is 19.2 Å². The summed E-state index contributed by atoms with van der Waals surface area (Å²) in [5.74, 6) is 0.651. The molecule has 8 heteroatoms. The maximum Gasteiger partial charge on any atom is 0.255 e. The molecule has 2 aromatic carbocycles. The second-order valence-corrected chi connectivity index (χ2v) is 6.79. The third-order valence-electron chi connectivity index (χ3n) is 4.02.